The number of hydrogen-bond acceptors (Lipinski definition) is 8. The predicted octanol–water partition coefficient (Wildman–Crippen LogP) is 5.93. The highest BCUT2D eigenvalue weighted by Crippen LogP contribution is 2.42. The third kappa shape index (κ3) is 6.63. The third-order valence-electron chi connectivity index (χ3n) is 9.04. The highest BCUT2D eigenvalue weighted by Gasteiger charge is 2.22. The monoisotopic (exact) mass is 685 g/mol. The van der Waals surface area contributed by atoms with Crippen molar-refractivity contribution in [3.05, 3.63) is 82.1 Å². The normalized spacial score (nSPS) is 17.5. The molecule has 0 radical (unpaired) electrons. The van der Waals surface area contributed by atoms with Gasteiger partial charge in [0.15, 0.2) is 0 Å². The van der Waals surface area contributed by atoms with E-state index in [0.29, 0.717) is 59.5 Å². The molecule has 48 heavy (non-hydrogen) atoms. The summed E-state index contributed by atoms with van der Waals surface area (Å²) in [7, 11) is 3.56. The van der Waals surface area contributed by atoms with Crippen molar-refractivity contribution in [3.63, 3.8) is 0 Å². The molecule has 248 valence electrons. The average molecular weight is 687 g/mol. The molecule has 0 bridgehead atoms. The minimum Gasteiger partial charge on any atom is -0.481 e. The first-order chi connectivity index (χ1) is 23.4. The van der Waals surface area contributed by atoms with Crippen LogP contribution in [0.1, 0.15) is 30.5 Å². The summed E-state index contributed by atoms with van der Waals surface area (Å²) >= 11 is 14.2. The lowest BCUT2D eigenvalue weighted by atomic mass is 9.99. The van der Waals surface area contributed by atoms with Gasteiger partial charge in [-0.1, -0.05) is 59.6 Å². The molecule has 2 atom stereocenters. The van der Waals surface area contributed by atoms with Crippen LogP contribution in [-0.2, 0) is 29.7 Å². The molecule has 2 saturated heterocycles. The number of halogens is 2. The van der Waals surface area contributed by atoms with Crippen molar-refractivity contribution in [3.8, 4) is 39.5 Å². The van der Waals surface area contributed by atoms with E-state index in [9.17, 15) is 4.79 Å². The Morgan fingerprint density at radius 2 is 1.81 bits per heavy atom. The fourth-order valence-electron chi connectivity index (χ4n) is 6.34. The Balaban J connectivity index is 1.12. The summed E-state index contributed by atoms with van der Waals surface area (Å²) in [5.74, 6) is 0.617. The molecular weight excluding hydrogens is 649 g/mol. The molecule has 3 aromatic heterocycles. The summed E-state index contributed by atoms with van der Waals surface area (Å²) in [6.07, 6.45) is 4.57. The minimum absolute atomic E-state index is 0.105. The van der Waals surface area contributed by atoms with E-state index in [2.05, 4.69) is 33.1 Å². The number of carbonyl (C=O) groups is 1. The molecule has 1 amide bonds. The molecule has 2 aliphatic rings. The first-order valence-corrected chi connectivity index (χ1v) is 16.9. The van der Waals surface area contributed by atoms with Gasteiger partial charge < -0.3 is 25.4 Å². The second-order valence-corrected chi connectivity index (χ2v) is 13.0. The topological polar surface area (TPSA) is 115 Å². The van der Waals surface area contributed by atoms with Crippen LogP contribution in [0.2, 0.25) is 10.0 Å². The van der Waals surface area contributed by atoms with Gasteiger partial charge in [0, 0.05) is 91.7 Å². The van der Waals surface area contributed by atoms with Crippen molar-refractivity contribution in [1.29, 1.82) is 0 Å². The second-order valence-electron chi connectivity index (χ2n) is 12.2. The van der Waals surface area contributed by atoms with Crippen LogP contribution >= 0.6 is 23.2 Å². The second kappa shape index (κ2) is 14.2. The van der Waals surface area contributed by atoms with Crippen LogP contribution in [0.5, 0.6) is 5.88 Å². The molecule has 3 N–H and O–H groups in total. The zero-order valence-corrected chi connectivity index (χ0v) is 28.4. The van der Waals surface area contributed by atoms with Crippen LogP contribution in [0.25, 0.3) is 44.5 Å². The van der Waals surface area contributed by atoms with Crippen LogP contribution in [0.15, 0.2) is 60.8 Å². The van der Waals surface area contributed by atoms with Crippen molar-refractivity contribution in [2.24, 2.45) is 7.05 Å². The van der Waals surface area contributed by atoms with Gasteiger partial charge in [-0.05, 0) is 31.0 Å². The predicted molar refractivity (Wildman–Crippen MR) is 188 cm³/mol. The summed E-state index contributed by atoms with van der Waals surface area (Å²) in [5.41, 5.74) is 7.44. The summed E-state index contributed by atoms with van der Waals surface area (Å²) in [5, 5.41) is 16.7. The number of rotatable bonds is 12. The van der Waals surface area contributed by atoms with E-state index in [1.165, 1.54) is 0 Å². The maximum Gasteiger partial charge on any atom is 0.220 e. The van der Waals surface area contributed by atoms with Gasteiger partial charge in [0.1, 0.15) is 0 Å². The first kappa shape index (κ1) is 32.5. The highest BCUT2D eigenvalue weighted by atomic mass is 35.5. The Kier molecular flexibility index (Phi) is 9.61. The van der Waals surface area contributed by atoms with Crippen molar-refractivity contribution in [2.45, 2.75) is 44.5 Å². The largest absolute Gasteiger partial charge is 0.481 e. The van der Waals surface area contributed by atoms with Gasteiger partial charge in [0.2, 0.25) is 11.8 Å². The molecule has 12 heteroatoms. The quantitative estimate of drug-likeness (QED) is 0.148. The summed E-state index contributed by atoms with van der Waals surface area (Å²) in [6, 6.07) is 18.0. The van der Waals surface area contributed by atoms with Gasteiger partial charge in [0.05, 0.1) is 45.9 Å². The van der Waals surface area contributed by atoms with E-state index in [1.807, 2.05) is 54.2 Å². The average Bonchev–Trinajstić information content (AvgIpc) is 3.64. The van der Waals surface area contributed by atoms with Gasteiger partial charge >= 0.3 is 0 Å². The van der Waals surface area contributed by atoms with Gasteiger partial charge in [-0.15, -0.1) is 0 Å². The van der Waals surface area contributed by atoms with Crippen LogP contribution < -0.4 is 20.7 Å². The number of amides is 1. The zero-order valence-electron chi connectivity index (χ0n) is 26.9. The lowest BCUT2D eigenvalue weighted by molar-refractivity contribution is -0.119. The van der Waals surface area contributed by atoms with E-state index >= 15 is 0 Å². The molecular formula is C36H37Cl2N7O3. The number of hydrogen-bond donors (Lipinski definition) is 3. The number of nitrogens with one attached hydrogen (secondary N) is 3. The molecule has 5 aromatic rings. The van der Waals surface area contributed by atoms with E-state index in [1.54, 1.807) is 13.3 Å². The smallest absolute Gasteiger partial charge is 0.220 e. The molecule has 2 fully saturated rings. The van der Waals surface area contributed by atoms with E-state index < -0.39 is 0 Å². The van der Waals surface area contributed by atoms with Gasteiger partial charge in [0.25, 0.3) is 0 Å². The van der Waals surface area contributed by atoms with Crippen molar-refractivity contribution in [1.82, 2.24) is 35.7 Å². The number of aromatic nitrogens is 4. The molecule has 0 unspecified atom stereocenters. The number of carbonyl (C=O) groups excluding carboxylic acids is 1. The lowest BCUT2D eigenvalue weighted by Crippen LogP contribution is -2.36. The fraction of sp³-hybridized carbons (Fsp3) is 0.333. The van der Waals surface area contributed by atoms with E-state index in [0.717, 1.165) is 70.4 Å². The first-order valence-electron chi connectivity index (χ1n) is 16.2. The summed E-state index contributed by atoms with van der Waals surface area (Å²) in [4.78, 5) is 21.0. The number of aryl methyl sites for hydroxylation is 1. The number of ether oxygens (including phenoxy) is 2. The van der Waals surface area contributed by atoms with E-state index in [4.69, 9.17) is 42.8 Å². The SMILES string of the molecule is COc1nc(-c2cccc(-c3ccnc(-c4ccc5c(CNC[C@@H]6CCO6)nn(C)c5c4)c3Cl)c2Cl)ccc1CNC[C@H]1CCC(=O)N1. The Hall–Kier alpha value is -4.06. The van der Waals surface area contributed by atoms with Gasteiger partial charge in [-0.2, -0.15) is 5.10 Å². The Morgan fingerprint density at radius 1 is 1.00 bits per heavy atom. The maximum atomic E-state index is 11.5. The van der Waals surface area contributed by atoms with Crippen LogP contribution in [-0.4, -0.2) is 64.6 Å². The number of pyridine rings is 2. The summed E-state index contributed by atoms with van der Waals surface area (Å²) in [6.45, 7) is 3.58. The van der Waals surface area contributed by atoms with Crippen LogP contribution in [0.3, 0.4) is 0 Å². The van der Waals surface area contributed by atoms with E-state index in [-0.39, 0.29) is 11.9 Å². The molecule has 2 aliphatic heterocycles. The molecule has 0 spiro atoms. The Morgan fingerprint density at radius 3 is 2.58 bits per heavy atom. The fourth-order valence-corrected chi connectivity index (χ4v) is 6.99. The van der Waals surface area contributed by atoms with Crippen LogP contribution in [0.4, 0.5) is 0 Å². The maximum absolute atomic E-state index is 11.5. The number of fused-ring (bicyclic) bond motifs is 1. The molecule has 5 heterocycles. The molecule has 10 nitrogen and oxygen atoms in total. The molecule has 0 aliphatic carbocycles. The molecule has 2 aromatic carbocycles. The Bertz CT molecular complexity index is 1980. The van der Waals surface area contributed by atoms with Crippen molar-refractivity contribution in [2.75, 3.05) is 26.8 Å². The highest BCUT2D eigenvalue weighted by molar-refractivity contribution is 6.39. The lowest BCUT2D eigenvalue weighted by Gasteiger charge is -2.26. The number of benzene rings is 2. The minimum atomic E-state index is 0.105. The Labute approximate surface area is 289 Å². The van der Waals surface area contributed by atoms with Gasteiger partial charge in [-0.3, -0.25) is 14.5 Å². The van der Waals surface area contributed by atoms with Crippen molar-refractivity contribution < 1.29 is 14.3 Å². The summed E-state index contributed by atoms with van der Waals surface area (Å²) < 4.78 is 13.1. The molecule has 0 saturated carbocycles. The van der Waals surface area contributed by atoms with Crippen molar-refractivity contribution >= 4 is 40.0 Å². The standard InChI is InChI=1S/C36H37Cl2N7O3/c1-45-31-16-21(6-9-27(31)30(44-45)20-40-19-24-13-15-48-24)35-34(38)26(12-14-41-35)25-4-3-5-28(33(25)37)29-10-7-22(36(43-29)47-2)17-39-18-23-8-11-32(46)42-23/h3-7,9-10,12,14,16,23-24,39-40H,8,11,13,15,17-20H2,1-2H3,(H,42,46)/t23-,24+/m1/s1. The zero-order chi connectivity index (χ0) is 33.2. The third-order valence-corrected chi connectivity index (χ3v) is 9.83. The van der Waals surface area contributed by atoms with Crippen LogP contribution in [0, 0.1) is 0 Å². The number of methoxy groups -OCH3 is 1. The van der Waals surface area contributed by atoms with Gasteiger partial charge in [-0.25, -0.2) is 4.98 Å². The molecule has 7 rings (SSSR count). The number of nitrogens with zero attached hydrogens (tertiary/aromatic N) is 4.